The predicted molar refractivity (Wildman–Crippen MR) is 95.2 cm³/mol. The minimum atomic E-state index is -0.598. The van der Waals surface area contributed by atoms with Crippen LogP contribution < -0.4 is 5.73 Å². The zero-order valence-electron chi connectivity index (χ0n) is 14.9. The van der Waals surface area contributed by atoms with E-state index in [9.17, 15) is 9.59 Å². The SMILES string of the molecule is CC(C)(C)OC(=O)N1[C@@H]2CC[C@@H](C2)[C@H]1C(=O)N=C(N)c1ccccc1. The third kappa shape index (κ3) is 3.67. The van der Waals surface area contributed by atoms with Crippen molar-refractivity contribution in [2.24, 2.45) is 16.6 Å². The topological polar surface area (TPSA) is 85.0 Å². The van der Waals surface area contributed by atoms with E-state index in [0.29, 0.717) is 5.56 Å². The maximum Gasteiger partial charge on any atom is 0.411 e. The van der Waals surface area contributed by atoms with Crippen molar-refractivity contribution in [3.63, 3.8) is 0 Å². The van der Waals surface area contributed by atoms with Crippen molar-refractivity contribution in [1.82, 2.24) is 4.90 Å². The number of hydrogen-bond donors (Lipinski definition) is 1. The number of carbonyl (C=O) groups is 2. The van der Waals surface area contributed by atoms with Crippen LogP contribution in [0.1, 0.15) is 45.6 Å². The highest BCUT2D eigenvalue weighted by Crippen LogP contribution is 2.43. The molecular weight excluding hydrogens is 318 g/mol. The molecule has 2 aliphatic rings. The van der Waals surface area contributed by atoms with Crippen LogP contribution in [0.4, 0.5) is 4.79 Å². The first-order valence-electron chi connectivity index (χ1n) is 8.71. The second kappa shape index (κ2) is 6.50. The van der Waals surface area contributed by atoms with Gasteiger partial charge in [-0.15, -0.1) is 0 Å². The number of aliphatic imine (C=N–C) groups is 1. The molecule has 0 aromatic heterocycles. The molecular formula is C19H25N3O3. The number of rotatable bonds is 2. The molecule has 1 saturated heterocycles. The van der Waals surface area contributed by atoms with Crippen molar-refractivity contribution in [3.8, 4) is 0 Å². The molecule has 6 heteroatoms. The molecule has 3 atom stereocenters. The molecule has 1 aromatic rings. The monoisotopic (exact) mass is 343 g/mol. The maximum absolute atomic E-state index is 12.8. The van der Waals surface area contributed by atoms with Crippen LogP contribution in [0.2, 0.25) is 0 Å². The minimum absolute atomic E-state index is 0.0574. The number of amidine groups is 1. The Bertz CT molecular complexity index is 694. The number of ether oxygens (including phenoxy) is 1. The van der Waals surface area contributed by atoms with Gasteiger partial charge in [-0.2, -0.15) is 4.99 Å². The Labute approximate surface area is 148 Å². The molecule has 2 bridgehead atoms. The lowest BCUT2D eigenvalue weighted by Gasteiger charge is -2.34. The lowest BCUT2D eigenvalue weighted by Crippen LogP contribution is -2.50. The fraction of sp³-hybridized carbons (Fsp3) is 0.526. The smallest absolute Gasteiger partial charge is 0.411 e. The summed E-state index contributed by atoms with van der Waals surface area (Å²) in [5.41, 5.74) is 6.08. The first kappa shape index (κ1) is 17.5. The number of carbonyl (C=O) groups excluding carboxylic acids is 2. The molecule has 2 fully saturated rings. The summed E-state index contributed by atoms with van der Waals surface area (Å²) in [5.74, 6) is -0.0470. The van der Waals surface area contributed by atoms with E-state index >= 15 is 0 Å². The Morgan fingerprint density at radius 1 is 1.20 bits per heavy atom. The van der Waals surface area contributed by atoms with E-state index in [1.807, 2.05) is 39.0 Å². The van der Waals surface area contributed by atoms with E-state index in [4.69, 9.17) is 10.5 Å². The number of piperidine rings is 1. The minimum Gasteiger partial charge on any atom is -0.444 e. The highest BCUT2D eigenvalue weighted by Gasteiger charge is 2.52. The third-order valence-electron chi connectivity index (χ3n) is 4.74. The molecule has 0 radical (unpaired) electrons. The van der Waals surface area contributed by atoms with E-state index < -0.39 is 17.7 Å². The van der Waals surface area contributed by atoms with Crippen LogP contribution in [0.5, 0.6) is 0 Å². The Morgan fingerprint density at radius 2 is 1.88 bits per heavy atom. The van der Waals surface area contributed by atoms with Gasteiger partial charge >= 0.3 is 6.09 Å². The fourth-order valence-electron chi connectivity index (χ4n) is 3.74. The molecule has 1 aromatic carbocycles. The summed E-state index contributed by atoms with van der Waals surface area (Å²) in [5, 5.41) is 0. The van der Waals surface area contributed by atoms with Gasteiger partial charge in [0.2, 0.25) is 0 Å². The van der Waals surface area contributed by atoms with Crippen LogP contribution in [-0.4, -0.2) is 40.4 Å². The zero-order chi connectivity index (χ0) is 18.2. The highest BCUT2D eigenvalue weighted by molar-refractivity contribution is 6.05. The van der Waals surface area contributed by atoms with Crippen LogP contribution >= 0.6 is 0 Å². The molecule has 6 nitrogen and oxygen atoms in total. The van der Waals surface area contributed by atoms with E-state index in [0.717, 1.165) is 19.3 Å². The molecule has 25 heavy (non-hydrogen) atoms. The first-order chi connectivity index (χ1) is 11.8. The van der Waals surface area contributed by atoms with Gasteiger partial charge in [0.05, 0.1) is 0 Å². The van der Waals surface area contributed by atoms with Crippen molar-refractivity contribution < 1.29 is 14.3 Å². The quantitative estimate of drug-likeness (QED) is 0.661. The van der Waals surface area contributed by atoms with Gasteiger partial charge in [0.15, 0.2) is 0 Å². The second-order valence-corrected chi connectivity index (χ2v) is 7.76. The Balaban J connectivity index is 1.81. The van der Waals surface area contributed by atoms with Gasteiger partial charge < -0.3 is 10.5 Å². The van der Waals surface area contributed by atoms with E-state index in [-0.39, 0.29) is 23.7 Å². The Morgan fingerprint density at radius 3 is 2.52 bits per heavy atom. The van der Waals surface area contributed by atoms with Crippen molar-refractivity contribution in [2.75, 3.05) is 0 Å². The van der Waals surface area contributed by atoms with Gasteiger partial charge in [0.25, 0.3) is 5.91 Å². The van der Waals surface area contributed by atoms with Crippen LogP contribution in [0.25, 0.3) is 0 Å². The molecule has 0 unspecified atom stereocenters. The van der Waals surface area contributed by atoms with E-state index in [2.05, 4.69) is 4.99 Å². The molecule has 1 aliphatic carbocycles. The van der Waals surface area contributed by atoms with Gasteiger partial charge in [-0.05, 0) is 46.0 Å². The molecule has 2 amide bonds. The largest absolute Gasteiger partial charge is 0.444 e. The van der Waals surface area contributed by atoms with Crippen molar-refractivity contribution >= 4 is 17.8 Å². The van der Waals surface area contributed by atoms with Crippen LogP contribution in [0.15, 0.2) is 35.3 Å². The molecule has 1 heterocycles. The molecule has 3 rings (SSSR count). The molecule has 1 aliphatic heterocycles. The third-order valence-corrected chi connectivity index (χ3v) is 4.74. The normalized spacial score (nSPS) is 26.0. The zero-order valence-corrected chi connectivity index (χ0v) is 14.9. The van der Waals surface area contributed by atoms with Gasteiger partial charge in [0, 0.05) is 11.6 Å². The average Bonchev–Trinajstić information content (AvgIpc) is 3.15. The predicted octanol–water partition coefficient (Wildman–Crippen LogP) is 2.71. The maximum atomic E-state index is 12.8. The van der Waals surface area contributed by atoms with Crippen LogP contribution in [-0.2, 0) is 9.53 Å². The summed E-state index contributed by atoms with van der Waals surface area (Å²) in [7, 11) is 0. The number of nitrogens with two attached hydrogens (primary N) is 1. The Hall–Kier alpha value is -2.37. The molecule has 2 N–H and O–H groups in total. The lowest BCUT2D eigenvalue weighted by molar-refractivity contribution is -0.124. The summed E-state index contributed by atoms with van der Waals surface area (Å²) in [6.07, 6.45) is 2.23. The van der Waals surface area contributed by atoms with E-state index in [1.54, 1.807) is 17.0 Å². The highest BCUT2D eigenvalue weighted by atomic mass is 16.6. The fourth-order valence-corrected chi connectivity index (χ4v) is 3.74. The summed E-state index contributed by atoms with van der Waals surface area (Å²) in [6, 6.07) is 8.65. The van der Waals surface area contributed by atoms with Crippen molar-refractivity contribution in [2.45, 2.75) is 57.7 Å². The lowest BCUT2D eigenvalue weighted by atomic mass is 9.98. The summed E-state index contributed by atoms with van der Waals surface area (Å²) in [6.45, 7) is 5.46. The standard InChI is InChI=1S/C19H25N3O3/c1-19(2,3)25-18(24)22-14-10-9-13(11-14)15(22)17(23)21-16(20)12-7-5-4-6-8-12/h4-8,13-15H,9-11H2,1-3H3,(H2,20,21,23)/t13-,14+,15-/m0/s1. The molecule has 1 saturated carbocycles. The summed E-state index contributed by atoms with van der Waals surface area (Å²) < 4.78 is 5.50. The van der Waals surface area contributed by atoms with Crippen LogP contribution in [0, 0.1) is 5.92 Å². The van der Waals surface area contributed by atoms with Crippen molar-refractivity contribution in [3.05, 3.63) is 35.9 Å². The molecule has 0 spiro atoms. The van der Waals surface area contributed by atoms with Crippen molar-refractivity contribution in [1.29, 1.82) is 0 Å². The number of benzene rings is 1. The number of likely N-dealkylation sites (tertiary alicyclic amines) is 1. The van der Waals surface area contributed by atoms with Gasteiger partial charge in [0.1, 0.15) is 17.5 Å². The summed E-state index contributed by atoms with van der Waals surface area (Å²) in [4.78, 5) is 31.0. The second-order valence-electron chi connectivity index (χ2n) is 7.76. The van der Waals surface area contributed by atoms with Gasteiger partial charge in [-0.25, -0.2) is 4.79 Å². The summed E-state index contributed by atoms with van der Waals surface area (Å²) >= 11 is 0. The van der Waals surface area contributed by atoms with Crippen LogP contribution in [0.3, 0.4) is 0 Å². The number of amides is 2. The number of fused-ring (bicyclic) bond motifs is 2. The van der Waals surface area contributed by atoms with E-state index in [1.165, 1.54) is 0 Å². The number of hydrogen-bond acceptors (Lipinski definition) is 3. The first-order valence-corrected chi connectivity index (χ1v) is 8.71. The van der Waals surface area contributed by atoms with Gasteiger partial charge in [-0.3, -0.25) is 9.69 Å². The number of nitrogens with zero attached hydrogens (tertiary/aromatic N) is 2. The Kier molecular flexibility index (Phi) is 4.54. The average molecular weight is 343 g/mol. The molecule has 134 valence electrons. The van der Waals surface area contributed by atoms with Gasteiger partial charge in [-0.1, -0.05) is 30.3 Å².